The lowest BCUT2D eigenvalue weighted by Crippen LogP contribution is -2.14. The second-order valence-corrected chi connectivity index (χ2v) is 12.5. The lowest BCUT2D eigenvalue weighted by molar-refractivity contribution is 0.143. The molecule has 0 amide bonds. The van der Waals surface area contributed by atoms with E-state index in [4.69, 9.17) is 29.5 Å². The van der Waals surface area contributed by atoms with Crippen molar-refractivity contribution in [2.75, 3.05) is 24.9 Å². The van der Waals surface area contributed by atoms with E-state index in [2.05, 4.69) is 58.6 Å². The number of methoxy groups -OCH3 is 2. The zero-order chi connectivity index (χ0) is 38.8. The molecule has 3 N–H and O–H groups in total. The summed E-state index contributed by atoms with van der Waals surface area (Å²) >= 11 is 0. The van der Waals surface area contributed by atoms with Crippen molar-refractivity contribution < 1.29 is 14.6 Å². The largest absolute Gasteiger partial charge is 0.480 e. The van der Waals surface area contributed by atoms with Crippen LogP contribution in [0.5, 0.6) is 11.8 Å². The van der Waals surface area contributed by atoms with E-state index >= 15 is 0 Å². The Morgan fingerprint density at radius 2 is 1.45 bits per heavy atom. The van der Waals surface area contributed by atoms with Crippen LogP contribution in [0.4, 0.5) is 23.3 Å². The number of benzene rings is 2. The van der Waals surface area contributed by atoms with Gasteiger partial charge in [0.05, 0.1) is 43.1 Å². The number of anilines is 4. The first-order chi connectivity index (χ1) is 27.2. The molecular formula is C38H29N15O3. The van der Waals surface area contributed by atoms with Crippen LogP contribution in [-0.2, 0) is 0 Å². The van der Waals surface area contributed by atoms with E-state index < -0.39 is 5.60 Å². The molecule has 0 aliphatic heterocycles. The van der Waals surface area contributed by atoms with E-state index in [0.29, 0.717) is 56.4 Å². The van der Waals surface area contributed by atoms with Crippen molar-refractivity contribution >= 4 is 45.1 Å². The Morgan fingerprint density at radius 3 is 2.16 bits per heavy atom. The fraction of sp³-hybridized carbons (Fsp3) is 0.132. The van der Waals surface area contributed by atoms with Gasteiger partial charge in [0.1, 0.15) is 29.0 Å². The van der Waals surface area contributed by atoms with Crippen molar-refractivity contribution in [2.45, 2.75) is 19.4 Å². The fourth-order valence-electron chi connectivity index (χ4n) is 5.59. The van der Waals surface area contributed by atoms with Gasteiger partial charge in [-0.25, -0.2) is 15.0 Å². The SMILES string of the molecule is COc1ncccc1Nc1nc(-c2nn(-c3ncnc(Nc4cccnc4OC)n3)c3cc(C#N)ccc23)nc(-n2ncc3ccc(C#CC(C)(C)O)cc32)n1. The smallest absolute Gasteiger partial charge is 0.256 e. The second kappa shape index (κ2) is 14.4. The lowest BCUT2D eigenvalue weighted by Gasteiger charge is -2.11. The highest BCUT2D eigenvalue weighted by Gasteiger charge is 2.22. The van der Waals surface area contributed by atoms with Crippen LogP contribution in [0.2, 0.25) is 0 Å². The average Bonchev–Trinajstić information content (AvgIpc) is 3.82. The van der Waals surface area contributed by atoms with Crippen molar-refractivity contribution in [1.82, 2.24) is 59.4 Å². The topological polar surface area (TPSA) is 225 Å². The minimum Gasteiger partial charge on any atom is -0.480 e. The minimum atomic E-state index is -1.18. The fourth-order valence-corrected chi connectivity index (χ4v) is 5.59. The van der Waals surface area contributed by atoms with Gasteiger partial charge in [0.15, 0.2) is 5.82 Å². The number of nitriles is 1. The van der Waals surface area contributed by atoms with E-state index in [0.717, 1.165) is 5.39 Å². The molecule has 274 valence electrons. The molecule has 0 aliphatic carbocycles. The van der Waals surface area contributed by atoms with Gasteiger partial charge in [-0.15, -0.1) is 0 Å². The molecule has 0 spiro atoms. The minimum absolute atomic E-state index is 0.131. The number of nitrogens with one attached hydrogen (secondary N) is 2. The number of aromatic nitrogens is 12. The van der Waals surface area contributed by atoms with E-state index in [1.165, 1.54) is 25.2 Å². The first-order valence-electron chi connectivity index (χ1n) is 16.8. The standard InChI is InChI=1S/C38H29N15O3/c1-38(2,54)14-13-22-9-11-24-20-44-52(28(24)17-22)37-48-31(47-35(50-37)46-27-8-6-16-41-33(27)56-4)30-25-12-10-23(19-39)18-29(25)53(51-30)36-43-21-42-34(49-36)45-26-7-5-15-40-32(26)55-3/h5-12,15-18,20-21,54H,1-4H3,(H,42,43,45,49)(H,46,47,48,50). The molecule has 18 heteroatoms. The molecule has 0 unspecified atom stereocenters. The Kier molecular flexibility index (Phi) is 8.98. The lowest BCUT2D eigenvalue weighted by atomic mass is 10.1. The summed E-state index contributed by atoms with van der Waals surface area (Å²) < 4.78 is 13.9. The van der Waals surface area contributed by atoms with Crippen LogP contribution >= 0.6 is 0 Å². The van der Waals surface area contributed by atoms with E-state index in [9.17, 15) is 10.4 Å². The third-order valence-corrected chi connectivity index (χ3v) is 8.09. The molecule has 0 bridgehead atoms. The molecule has 56 heavy (non-hydrogen) atoms. The van der Waals surface area contributed by atoms with Crippen LogP contribution < -0.4 is 20.1 Å². The van der Waals surface area contributed by atoms with Gasteiger partial charge in [-0.1, -0.05) is 11.8 Å². The highest BCUT2D eigenvalue weighted by Crippen LogP contribution is 2.31. The van der Waals surface area contributed by atoms with Crippen LogP contribution in [0.1, 0.15) is 25.0 Å². The molecule has 6 heterocycles. The summed E-state index contributed by atoms with van der Waals surface area (Å²) in [6.07, 6.45) is 6.23. The number of hydrogen-bond acceptors (Lipinski definition) is 16. The molecule has 18 nitrogen and oxygen atoms in total. The number of pyridine rings is 2. The molecule has 2 aromatic carbocycles. The van der Waals surface area contributed by atoms with Crippen LogP contribution in [0.25, 0.3) is 45.2 Å². The predicted octanol–water partition coefficient (Wildman–Crippen LogP) is 4.69. The van der Waals surface area contributed by atoms with Gasteiger partial charge in [0, 0.05) is 28.7 Å². The third-order valence-electron chi connectivity index (χ3n) is 8.09. The van der Waals surface area contributed by atoms with Crippen molar-refractivity contribution in [2.24, 2.45) is 0 Å². The number of ether oxygens (including phenoxy) is 2. The van der Waals surface area contributed by atoms with E-state index in [1.807, 2.05) is 18.2 Å². The number of fused-ring (bicyclic) bond motifs is 2. The van der Waals surface area contributed by atoms with Crippen molar-refractivity contribution in [3.63, 3.8) is 0 Å². The Labute approximate surface area is 317 Å². The quantitative estimate of drug-likeness (QED) is 0.170. The highest BCUT2D eigenvalue weighted by molar-refractivity contribution is 5.93. The molecule has 0 aliphatic rings. The molecular weight excluding hydrogens is 715 g/mol. The monoisotopic (exact) mass is 743 g/mol. The van der Waals surface area contributed by atoms with Crippen LogP contribution in [0.15, 0.2) is 85.6 Å². The van der Waals surface area contributed by atoms with Gasteiger partial charge in [0.25, 0.3) is 11.9 Å². The summed E-state index contributed by atoms with van der Waals surface area (Å²) in [6.45, 7) is 3.23. The summed E-state index contributed by atoms with van der Waals surface area (Å²) in [6, 6.07) is 19.9. The van der Waals surface area contributed by atoms with Gasteiger partial charge >= 0.3 is 0 Å². The maximum atomic E-state index is 10.2. The first-order valence-corrected chi connectivity index (χ1v) is 16.8. The summed E-state index contributed by atoms with van der Waals surface area (Å²) in [4.78, 5) is 36.2. The van der Waals surface area contributed by atoms with Crippen molar-refractivity contribution in [1.29, 1.82) is 5.26 Å². The van der Waals surface area contributed by atoms with Gasteiger partial charge in [0.2, 0.25) is 23.7 Å². The number of nitrogens with zero attached hydrogens (tertiary/aromatic N) is 13. The van der Waals surface area contributed by atoms with Gasteiger partial charge in [-0.05, 0) is 74.5 Å². The number of aliphatic hydroxyl groups is 1. The third kappa shape index (κ3) is 7.01. The van der Waals surface area contributed by atoms with Gasteiger partial charge in [-0.3, -0.25) is 0 Å². The molecule has 0 fully saturated rings. The Hall–Kier alpha value is -8.09. The highest BCUT2D eigenvalue weighted by atomic mass is 16.5. The molecule has 0 radical (unpaired) electrons. The van der Waals surface area contributed by atoms with Crippen molar-refractivity contribution in [3.8, 4) is 53.1 Å². The summed E-state index contributed by atoms with van der Waals surface area (Å²) in [7, 11) is 3.02. The Balaban J connectivity index is 1.30. The summed E-state index contributed by atoms with van der Waals surface area (Å²) in [5, 5.41) is 37.3. The zero-order valence-corrected chi connectivity index (χ0v) is 30.2. The number of hydrogen-bond donors (Lipinski definition) is 3. The molecule has 0 saturated heterocycles. The van der Waals surface area contributed by atoms with Gasteiger partial charge in [-0.2, -0.15) is 49.7 Å². The van der Waals surface area contributed by atoms with E-state index in [1.54, 1.807) is 79.6 Å². The summed E-state index contributed by atoms with van der Waals surface area (Å²) in [5.41, 5.74) is 2.36. The van der Waals surface area contributed by atoms with E-state index in [-0.39, 0.29) is 29.6 Å². The maximum absolute atomic E-state index is 10.2. The van der Waals surface area contributed by atoms with Crippen molar-refractivity contribution in [3.05, 3.63) is 96.7 Å². The molecule has 0 saturated carbocycles. The maximum Gasteiger partial charge on any atom is 0.256 e. The van der Waals surface area contributed by atoms with Crippen LogP contribution in [0, 0.1) is 23.2 Å². The normalized spacial score (nSPS) is 11.1. The first kappa shape index (κ1) is 35.0. The Bertz CT molecular complexity index is 2880. The summed E-state index contributed by atoms with van der Waals surface area (Å²) in [5.74, 6) is 7.30. The molecule has 8 aromatic rings. The van der Waals surface area contributed by atoms with Crippen LogP contribution in [0.3, 0.4) is 0 Å². The Morgan fingerprint density at radius 1 is 0.750 bits per heavy atom. The average molecular weight is 744 g/mol. The zero-order valence-electron chi connectivity index (χ0n) is 30.2. The van der Waals surface area contributed by atoms with Crippen LogP contribution in [-0.4, -0.2) is 84.4 Å². The molecule has 8 rings (SSSR count). The molecule has 6 aromatic heterocycles. The second-order valence-electron chi connectivity index (χ2n) is 12.5. The predicted molar refractivity (Wildman–Crippen MR) is 204 cm³/mol. The van der Waals surface area contributed by atoms with Gasteiger partial charge < -0.3 is 25.2 Å². The molecule has 0 atom stereocenters. The number of rotatable bonds is 9.